The molecule has 0 saturated carbocycles. The highest BCUT2D eigenvalue weighted by Crippen LogP contribution is 2.20. The van der Waals surface area contributed by atoms with Crippen molar-refractivity contribution >= 4 is 35.7 Å². The van der Waals surface area contributed by atoms with E-state index >= 15 is 0 Å². The highest BCUT2D eigenvalue weighted by Gasteiger charge is 2.29. The Labute approximate surface area is 288 Å². The van der Waals surface area contributed by atoms with Gasteiger partial charge in [0.2, 0.25) is 0 Å². The van der Waals surface area contributed by atoms with Crippen molar-refractivity contribution in [3.05, 3.63) is 170 Å². The van der Waals surface area contributed by atoms with Crippen molar-refractivity contribution < 1.29 is 23.5 Å². The van der Waals surface area contributed by atoms with Gasteiger partial charge in [-0.15, -0.1) is 0 Å². The van der Waals surface area contributed by atoms with Gasteiger partial charge in [0, 0.05) is 0 Å². The van der Waals surface area contributed by atoms with Gasteiger partial charge in [-0.3, -0.25) is 11.5 Å². The first-order valence-corrected chi connectivity index (χ1v) is 16.3. The second kappa shape index (κ2) is 17.2. The van der Waals surface area contributed by atoms with Crippen LogP contribution in [0.5, 0.6) is 23.0 Å². The molecule has 7 nitrogen and oxygen atoms in total. The van der Waals surface area contributed by atoms with E-state index < -0.39 is 26.3 Å². The van der Waals surface area contributed by atoms with Gasteiger partial charge in [0.25, 0.3) is 0 Å². The fourth-order valence-electron chi connectivity index (χ4n) is 5.48. The molecule has 0 saturated heterocycles. The van der Waals surface area contributed by atoms with E-state index in [0.717, 1.165) is 21.9 Å². The van der Waals surface area contributed by atoms with Gasteiger partial charge in [-0.1, -0.05) is 133 Å². The van der Waals surface area contributed by atoms with Crippen molar-refractivity contribution in [2.75, 3.05) is 13.2 Å². The molecule has 9 heteroatoms. The van der Waals surface area contributed by atoms with Gasteiger partial charge in [-0.2, -0.15) is 0 Å². The van der Waals surface area contributed by atoms with Crippen LogP contribution in [0.2, 0.25) is 0 Å². The number of hydrogen-bond donors (Lipinski definition) is 2. The molecule has 244 valence electrons. The van der Waals surface area contributed by atoms with Crippen LogP contribution >= 0.6 is 0 Å². The van der Waals surface area contributed by atoms with Gasteiger partial charge < -0.3 is 23.5 Å². The molecule has 0 aliphatic rings. The van der Waals surface area contributed by atoms with Crippen LogP contribution < -0.4 is 47.5 Å². The van der Waals surface area contributed by atoms with E-state index in [1.54, 1.807) is 0 Å². The highest BCUT2D eigenvalue weighted by atomic mass is 16.5. The molecule has 0 bridgehead atoms. The summed E-state index contributed by atoms with van der Waals surface area (Å²) in [7, 11) is 0. The Balaban J connectivity index is 1.26. The molecular formula is C40H38B2N2O5. The first kappa shape index (κ1) is 33.6. The molecule has 0 aromatic heterocycles. The van der Waals surface area contributed by atoms with Crippen molar-refractivity contribution in [3.8, 4) is 23.0 Å². The van der Waals surface area contributed by atoms with Crippen LogP contribution in [0.15, 0.2) is 170 Å². The number of para-hydroxylation sites is 4. The summed E-state index contributed by atoms with van der Waals surface area (Å²) < 4.78 is 31.6. The second-order valence-electron chi connectivity index (χ2n) is 11.4. The van der Waals surface area contributed by atoms with Crippen LogP contribution in [0.1, 0.15) is 0 Å². The summed E-state index contributed by atoms with van der Waals surface area (Å²) >= 11 is 0. The summed E-state index contributed by atoms with van der Waals surface area (Å²) in [6, 6.07) is 54.7. The second-order valence-corrected chi connectivity index (χ2v) is 11.4. The predicted molar refractivity (Wildman–Crippen MR) is 198 cm³/mol. The number of ether oxygens (including phenoxy) is 3. The lowest BCUT2D eigenvalue weighted by atomic mass is 9.54. The fraction of sp³-hybridized carbons (Fsp3) is 0.100. The molecule has 0 heterocycles. The van der Waals surface area contributed by atoms with E-state index in [4.69, 9.17) is 35.0 Å². The summed E-state index contributed by atoms with van der Waals surface area (Å²) in [6.07, 6.45) is -1.35. The molecule has 0 spiro atoms. The third-order valence-corrected chi connectivity index (χ3v) is 7.74. The zero-order valence-electron chi connectivity index (χ0n) is 27.1. The smallest absolute Gasteiger partial charge is 0.365 e. The lowest BCUT2D eigenvalue weighted by Gasteiger charge is -2.23. The number of hydrogen-bond acceptors (Lipinski definition) is 7. The van der Waals surface area contributed by atoms with Crippen LogP contribution in [0, 0.1) is 0 Å². The Hall–Kier alpha value is -5.31. The van der Waals surface area contributed by atoms with Crippen molar-refractivity contribution in [3.63, 3.8) is 0 Å². The summed E-state index contributed by atoms with van der Waals surface area (Å²) in [5.41, 5.74) is 16.3. The maximum Gasteiger partial charge on any atom is 0.365 e. The van der Waals surface area contributed by atoms with Crippen LogP contribution in [-0.4, -0.2) is 39.5 Å². The van der Waals surface area contributed by atoms with Crippen LogP contribution in [0.3, 0.4) is 0 Å². The van der Waals surface area contributed by atoms with Crippen LogP contribution in [0.4, 0.5) is 0 Å². The van der Waals surface area contributed by atoms with E-state index in [1.807, 2.05) is 170 Å². The van der Waals surface area contributed by atoms with Gasteiger partial charge in [-0.25, -0.2) is 0 Å². The van der Waals surface area contributed by atoms with Crippen molar-refractivity contribution in [1.29, 1.82) is 0 Å². The quantitative estimate of drug-likeness (QED) is 0.118. The zero-order chi connectivity index (χ0) is 33.7. The third kappa shape index (κ3) is 9.41. The normalized spacial score (nSPS) is 12.0. The maximum atomic E-state index is 6.77. The van der Waals surface area contributed by atoms with E-state index in [1.165, 1.54) is 0 Å². The Morgan fingerprint density at radius 1 is 0.408 bits per heavy atom. The maximum absolute atomic E-state index is 6.77. The lowest BCUT2D eigenvalue weighted by molar-refractivity contribution is 0.136. The first-order valence-electron chi connectivity index (χ1n) is 16.3. The minimum Gasteiger partial charge on any atom is -0.473 e. The molecule has 0 aliphatic heterocycles. The Morgan fingerprint density at radius 2 is 0.735 bits per heavy atom. The monoisotopic (exact) mass is 648 g/mol. The van der Waals surface area contributed by atoms with Gasteiger partial charge >= 0.3 is 13.8 Å². The Kier molecular flexibility index (Phi) is 11.8. The molecule has 0 aliphatic carbocycles. The topological polar surface area (TPSA) is 98.2 Å². The molecular weight excluding hydrogens is 610 g/mol. The van der Waals surface area contributed by atoms with E-state index in [-0.39, 0.29) is 13.2 Å². The van der Waals surface area contributed by atoms with Gasteiger partial charge in [-0.05, 0) is 58.2 Å². The molecule has 0 amide bonds. The van der Waals surface area contributed by atoms with Crippen molar-refractivity contribution in [2.45, 2.75) is 12.5 Å². The zero-order valence-corrected chi connectivity index (χ0v) is 27.1. The SMILES string of the molecule is NC(COB(c1ccccc1)c1ccccc1Oc1ccccc1B(OCC(N)Oc1ccccc1)c1ccccc1)Oc1ccccc1. The minimum atomic E-state index is -0.677. The molecule has 0 radical (unpaired) electrons. The predicted octanol–water partition coefficient (Wildman–Crippen LogP) is 4.45. The molecule has 0 fully saturated rings. The summed E-state index contributed by atoms with van der Waals surface area (Å²) in [5.74, 6) is 2.63. The molecule has 6 rings (SSSR count). The average molecular weight is 648 g/mol. The summed E-state index contributed by atoms with van der Waals surface area (Å²) in [5, 5.41) is 0. The standard InChI is InChI=1S/C40H38B2N2O5/c43-39(47-33-21-9-3-10-22-33)29-45-41(31-17-5-1-6-18-31)35-25-13-15-27-37(35)49-38-28-16-14-26-36(38)42(32-19-7-2-8-20-32)46-30-40(44)48-34-23-11-4-12-24-34/h1-28,39-40H,29-30,43-44H2. The number of benzene rings is 6. The van der Waals surface area contributed by atoms with E-state index in [0.29, 0.717) is 23.0 Å². The first-order chi connectivity index (χ1) is 24.1. The highest BCUT2D eigenvalue weighted by molar-refractivity contribution is 6.81. The largest absolute Gasteiger partial charge is 0.473 e. The summed E-state index contributed by atoms with van der Waals surface area (Å²) in [6.45, 7) is -0.669. The fourth-order valence-corrected chi connectivity index (χ4v) is 5.48. The average Bonchev–Trinajstić information content (AvgIpc) is 3.15. The van der Waals surface area contributed by atoms with Gasteiger partial charge in [0.1, 0.15) is 23.0 Å². The number of rotatable bonds is 16. The van der Waals surface area contributed by atoms with Gasteiger partial charge in [0.15, 0.2) is 12.5 Å². The molecule has 2 atom stereocenters. The molecule has 6 aromatic carbocycles. The van der Waals surface area contributed by atoms with Crippen molar-refractivity contribution in [2.24, 2.45) is 11.5 Å². The van der Waals surface area contributed by atoms with Gasteiger partial charge in [0.05, 0.1) is 13.2 Å². The Morgan fingerprint density at radius 3 is 1.12 bits per heavy atom. The Bertz CT molecular complexity index is 1720. The molecule has 6 aromatic rings. The van der Waals surface area contributed by atoms with E-state index in [2.05, 4.69) is 0 Å². The van der Waals surface area contributed by atoms with Crippen LogP contribution in [-0.2, 0) is 9.31 Å². The van der Waals surface area contributed by atoms with Crippen LogP contribution in [0.25, 0.3) is 0 Å². The molecule has 2 unspecified atom stereocenters. The minimum absolute atomic E-state index is 0.147. The molecule has 4 N–H and O–H groups in total. The lowest BCUT2D eigenvalue weighted by Crippen LogP contribution is -2.49. The molecule has 49 heavy (non-hydrogen) atoms. The number of nitrogens with two attached hydrogens (primary N) is 2. The van der Waals surface area contributed by atoms with E-state index in [9.17, 15) is 0 Å². The summed E-state index contributed by atoms with van der Waals surface area (Å²) in [4.78, 5) is 0. The third-order valence-electron chi connectivity index (χ3n) is 7.74. The van der Waals surface area contributed by atoms with Crippen molar-refractivity contribution in [1.82, 2.24) is 0 Å².